The van der Waals surface area contributed by atoms with Gasteiger partial charge in [0.25, 0.3) is 0 Å². The van der Waals surface area contributed by atoms with Crippen molar-refractivity contribution >= 4 is 9.84 Å². The Morgan fingerprint density at radius 1 is 1.38 bits per heavy atom. The van der Waals surface area contributed by atoms with Crippen molar-refractivity contribution in [3.8, 4) is 0 Å². The minimum atomic E-state index is -2.83. The molecule has 2 rings (SSSR count). The highest BCUT2D eigenvalue weighted by molar-refractivity contribution is 7.91. The zero-order chi connectivity index (χ0) is 15.3. The Morgan fingerprint density at radius 3 is 2.81 bits per heavy atom. The van der Waals surface area contributed by atoms with Crippen molar-refractivity contribution in [3.05, 3.63) is 29.6 Å². The van der Waals surface area contributed by atoms with Gasteiger partial charge < -0.3 is 5.32 Å². The first kappa shape index (κ1) is 16.4. The van der Waals surface area contributed by atoms with Gasteiger partial charge in [-0.05, 0) is 38.6 Å². The zero-order valence-electron chi connectivity index (χ0n) is 12.9. The first-order valence-electron chi connectivity index (χ1n) is 7.56. The van der Waals surface area contributed by atoms with Crippen LogP contribution in [-0.4, -0.2) is 49.4 Å². The van der Waals surface area contributed by atoms with Crippen molar-refractivity contribution in [1.82, 2.24) is 15.2 Å². The second-order valence-corrected chi connectivity index (χ2v) is 8.00. The molecule has 0 radical (unpaired) electrons. The molecule has 0 spiro atoms. The SMILES string of the molecule is CCCNCc1cccc(CN(C)C2CCS(=O)(=O)C2)n1. The van der Waals surface area contributed by atoms with Crippen LogP contribution in [0.5, 0.6) is 0 Å². The molecule has 1 aliphatic rings. The highest BCUT2D eigenvalue weighted by atomic mass is 32.2. The van der Waals surface area contributed by atoms with Crippen LogP contribution < -0.4 is 5.32 Å². The maximum absolute atomic E-state index is 11.5. The molecular weight excluding hydrogens is 286 g/mol. The normalized spacial score (nSPS) is 21.0. The average Bonchev–Trinajstić information content (AvgIpc) is 2.80. The lowest BCUT2D eigenvalue weighted by Crippen LogP contribution is -2.32. The Labute approximate surface area is 127 Å². The minimum absolute atomic E-state index is 0.124. The summed E-state index contributed by atoms with van der Waals surface area (Å²) in [6, 6.07) is 6.17. The van der Waals surface area contributed by atoms with Gasteiger partial charge in [0.1, 0.15) is 0 Å². The second-order valence-electron chi connectivity index (χ2n) is 5.77. The van der Waals surface area contributed by atoms with Crippen LogP contribution in [-0.2, 0) is 22.9 Å². The molecule has 1 aromatic rings. The van der Waals surface area contributed by atoms with Crippen LogP contribution in [0.25, 0.3) is 0 Å². The van der Waals surface area contributed by atoms with Crippen LogP contribution in [0, 0.1) is 0 Å². The Morgan fingerprint density at radius 2 is 2.14 bits per heavy atom. The van der Waals surface area contributed by atoms with Gasteiger partial charge in [-0.15, -0.1) is 0 Å². The molecule has 1 unspecified atom stereocenters. The summed E-state index contributed by atoms with van der Waals surface area (Å²) in [7, 11) is -0.847. The van der Waals surface area contributed by atoms with E-state index < -0.39 is 9.84 Å². The molecule has 5 nitrogen and oxygen atoms in total. The smallest absolute Gasteiger partial charge is 0.151 e. The first-order chi connectivity index (χ1) is 10.00. The molecule has 1 aliphatic heterocycles. The molecule has 0 saturated carbocycles. The molecule has 0 bridgehead atoms. The molecular formula is C15H25N3O2S. The second kappa shape index (κ2) is 7.33. The fourth-order valence-corrected chi connectivity index (χ4v) is 4.42. The Balaban J connectivity index is 1.91. The summed E-state index contributed by atoms with van der Waals surface area (Å²) >= 11 is 0. The standard InChI is InChI=1S/C15H25N3O2S/c1-3-8-16-10-13-5-4-6-14(17-13)11-18(2)15-7-9-21(19,20)12-15/h4-6,15-16H,3,7-12H2,1-2H3. The van der Waals surface area contributed by atoms with Crippen molar-refractivity contribution in [2.45, 2.75) is 38.9 Å². The van der Waals surface area contributed by atoms with Gasteiger partial charge in [0.2, 0.25) is 0 Å². The summed E-state index contributed by atoms with van der Waals surface area (Å²) in [6.45, 7) is 4.61. The fraction of sp³-hybridized carbons (Fsp3) is 0.667. The van der Waals surface area contributed by atoms with E-state index in [9.17, 15) is 8.42 Å². The lowest BCUT2D eigenvalue weighted by molar-refractivity contribution is 0.251. The highest BCUT2D eigenvalue weighted by Crippen LogP contribution is 2.18. The number of sulfone groups is 1. The van der Waals surface area contributed by atoms with Crippen LogP contribution in [0.2, 0.25) is 0 Å². The minimum Gasteiger partial charge on any atom is -0.311 e. The molecule has 0 aromatic carbocycles. The van der Waals surface area contributed by atoms with Crippen molar-refractivity contribution in [3.63, 3.8) is 0 Å². The molecule has 1 aromatic heterocycles. The molecule has 6 heteroatoms. The Kier molecular flexibility index (Phi) is 5.72. The predicted molar refractivity (Wildman–Crippen MR) is 84.8 cm³/mol. The highest BCUT2D eigenvalue weighted by Gasteiger charge is 2.30. The third kappa shape index (κ3) is 5.05. The number of nitrogens with one attached hydrogen (secondary N) is 1. The number of pyridine rings is 1. The number of aromatic nitrogens is 1. The first-order valence-corrected chi connectivity index (χ1v) is 9.38. The lowest BCUT2D eigenvalue weighted by Gasteiger charge is -2.22. The van der Waals surface area contributed by atoms with E-state index in [-0.39, 0.29) is 11.8 Å². The third-order valence-corrected chi connectivity index (χ3v) is 5.59. The topological polar surface area (TPSA) is 62.3 Å². The van der Waals surface area contributed by atoms with Crippen LogP contribution >= 0.6 is 0 Å². The fourth-order valence-electron chi connectivity index (χ4n) is 2.62. The van der Waals surface area contributed by atoms with Gasteiger partial charge >= 0.3 is 0 Å². The van der Waals surface area contributed by atoms with Crippen molar-refractivity contribution in [2.24, 2.45) is 0 Å². The van der Waals surface area contributed by atoms with Crippen LogP contribution in [0.15, 0.2) is 18.2 Å². The van der Waals surface area contributed by atoms with E-state index in [4.69, 9.17) is 0 Å². The summed E-state index contributed by atoms with van der Waals surface area (Å²) in [5.74, 6) is 0.595. The number of nitrogens with zero attached hydrogens (tertiary/aromatic N) is 2. The van der Waals surface area contributed by atoms with Gasteiger partial charge in [-0.3, -0.25) is 9.88 Å². The van der Waals surface area contributed by atoms with Crippen LogP contribution in [0.4, 0.5) is 0 Å². The number of hydrogen-bond acceptors (Lipinski definition) is 5. The maximum Gasteiger partial charge on any atom is 0.151 e. The molecule has 1 atom stereocenters. The predicted octanol–water partition coefficient (Wildman–Crippen LogP) is 1.20. The van der Waals surface area contributed by atoms with Crippen molar-refractivity contribution in [1.29, 1.82) is 0 Å². The summed E-state index contributed by atoms with van der Waals surface area (Å²) in [4.78, 5) is 6.75. The van der Waals surface area contributed by atoms with Gasteiger partial charge in [-0.25, -0.2) is 8.42 Å². The van der Waals surface area contributed by atoms with E-state index in [1.165, 1.54) is 0 Å². The maximum atomic E-state index is 11.5. The molecule has 118 valence electrons. The molecule has 0 amide bonds. The van der Waals surface area contributed by atoms with E-state index in [1.807, 2.05) is 25.2 Å². The largest absolute Gasteiger partial charge is 0.311 e. The molecule has 2 heterocycles. The van der Waals surface area contributed by atoms with Crippen LogP contribution in [0.1, 0.15) is 31.2 Å². The van der Waals surface area contributed by atoms with E-state index in [0.717, 1.165) is 37.3 Å². The van der Waals surface area contributed by atoms with Crippen molar-refractivity contribution in [2.75, 3.05) is 25.1 Å². The Hall–Kier alpha value is -0.980. The van der Waals surface area contributed by atoms with Gasteiger partial charge in [-0.1, -0.05) is 13.0 Å². The molecule has 0 aliphatic carbocycles. The molecule has 1 fully saturated rings. The van der Waals surface area contributed by atoms with Gasteiger partial charge in [0.05, 0.1) is 22.9 Å². The molecule has 1 N–H and O–H groups in total. The third-order valence-electron chi connectivity index (χ3n) is 3.84. The van der Waals surface area contributed by atoms with Crippen molar-refractivity contribution < 1.29 is 8.42 Å². The number of rotatable bonds is 7. The lowest BCUT2D eigenvalue weighted by atomic mass is 10.2. The molecule has 21 heavy (non-hydrogen) atoms. The molecule has 1 saturated heterocycles. The average molecular weight is 311 g/mol. The van der Waals surface area contributed by atoms with Gasteiger partial charge in [-0.2, -0.15) is 0 Å². The summed E-state index contributed by atoms with van der Waals surface area (Å²) in [6.07, 6.45) is 1.84. The van der Waals surface area contributed by atoms with Gasteiger partial charge in [0.15, 0.2) is 9.84 Å². The monoisotopic (exact) mass is 311 g/mol. The van der Waals surface area contributed by atoms with E-state index in [0.29, 0.717) is 12.3 Å². The van der Waals surface area contributed by atoms with E-state index >= 15 is 0 Å². The quantitative estimate of drug-likeness (QED) is 0.767. The Bertz CT molecular complexity index is 560. The van der Waals surface area contributed by atoms with E-state index in [2.05, 4.69) is 22.1 Å². The zero-order valence-corrected chi connectivity index (χ0v) is 13.7. The number of hydrogen-bond donors (Lipinski definition) is 1. The van der Waals surface area contributed by atoms with Crippen LogP contribution in [0.3, 0.4) is 0 Å². The summed E-state index contributed by atoms with van der Waals surface area (Å²) in [5, 5.41) is 3.34. The van der Waals surface area contributed by atoms with Gasteiger partial charge in [0, 0.05) is 19.1 Å². The summed E-state index contributed by atoms with van der Waals surface area (Å²) in [5.41, 5.74) is 2.03. The van der Waals surface area contributed by atoms with E-state index in [1.54, 1.807) is 0 Å². The summed E-state index contributed by atoms with van der Waals surface area (Å²) < 4.78 is 23.1.